The van der Waals surface area contributed by atoms with Crippen molar-refractivity contribution < 1.29 is 0 Å². The van der Waals surface area contributed by atoms with Gasteiger partial charge in [0.1, 0.15) is 12.7 Å². The van der Waals surface area contributed by atoms with Crippen LogP contribution in [0.15, 0.2) is 12.7 Å². The van der Waals surface area contributed by atoms with Gasteiger partial charge in [0.2, 0.25) is 11.9 Å². The summed E-state index contributed by atoms with van der Waals surface area (Å²) in [5.74, 6) is 3.14. The van der Waals surface area contributed by atoms with Gasteiger partial charge in [-0.15, -0.1) is 0 Å². The van der Waals surface area contributed by atoms with E-state index in [1.54, 1.807) is 6.33 Å². The van der Waals surface area contributed by atoms with E-state index in [4.69, 9.17) is 0 Å². The molecule has 0 fully saturated rings. The molecule has 2 rings (SSSR count). The zero-order valence-electron chi connectivity index (χ0n) is 12.4. The molecule has 0 aliphatic rings. The Hall–Kier alpha value is -1.90. The molecule has 2 aromatic rings. The van der Waals surface area contributed by atoms with Crippen LogP contribution < -0.4 is 10.6 Å². The SMILES string of the molecule is CCNc1nc(NCC(C)CSC)nc(-n2cncn2)n1. The lowest BCUT2D eigenvalue weighted by Gasteiger charge is -2.12. The van der Waals surface area contributed by atoms with Crippen LogP contribution in [0.3, 0.4) is 0 Å². The quantitative estimate of drug-likeness (QED) is 0.753. The van der Waals surface area contributed by atoms with Gasteiger partial charge in [-0.3, -0.25) is 0 Å². The largest absolute Gasteiger partial charge is 0.354 e. The summed E-state index contributed by atoms with van der Waals surface area (Å²) in [6.45, 7) is 5.73. The van der Waals surface area contributed by atoms with E-state index in [-0.39, 0.29) is 0 Å². The third-order valence-electron chi connectivity index (χ3n) is 2.64. The lowest BCUT2D eigenvalue weighted by atomic mass is 10.2. The van der Waals surface area contributed by atoms with E-state index in [1.807, 2.05) is 18.7 Å². The van der Waals surface area contributed by atoms with E-state index in [0.29, 0.717) is 23.8 Å². The molecule has 0 bridgehead atoms. The molecular formula is C12H20N8S. The van der Waals surface area contributed by atoms with Crippen LogP contribution >= 0.6 is 11.8 Å². The van der Waals surface area contributed by atoms with Crippen molar-refractivity contribution in [2.45, 2.75) is 13.8 Å². The van der Waals surface area contributed by atoms with Gasteiger partial charge in [-0.1, -0.05) is 6.92 Å². The predicted octanol–water partition coefficient (Wildman–Crippen LogP) is 1.30. The molecule has 0 saturated carbocycles. The molecule has 2 aromatic heterocycles. The Morgan fingerprint density at radius 2 is 2.00 bits per heavy atom. The first-order valence-corrected chi connectivity index (χ1v) is 8.20. The van der Waals surface area contributed by atoms with Gasteiger partial charge in [-0.2, -0.15) is 36.5 Å². The van der Waals surface area contributed by atoms with Crippen LogP contribution in [-0.2, 0) is 0 Å². The van der Waals surface area contributed by atoms with E-state index in [0.717, 1.165) is 18.8 Å². The van der Waals surface area contributed by atoms with Crippen molar-refractivity contribution in [2.75, 3.05) is 35.7 Å². The van der Waals surface area contributed by atoms with Crippen molar-refractivity contribution >= 4 is 23.7 Å². The number of anilines is 2. The number of rotatable bonds is 8. The second-order valence-electron chi connectivity index (χ2n) is 4.59. The number of thioether (sulfide) groups is 1. The zero-order chi connectivity index (χ0) is 15.1. The molecule has 9 heteroatoms. The van der Waals surface area contributed by atoms with Crippen LogP contribution in [0.25, 0.3) is 5.95 Å². The normalized spacial score (nSPS) is 12.1. The van der Waals surface area contributed by atoms with Gasteiger partial charge in [0.25, 0.3) is 5.95 Å². The molecule has 0 aliphatic heterocycles. The van der Waals surface area contributed by atoms with Crippen LogP contribution in [0, 0.1) is 5.92 Å². The average molecular weight is 308 g/mol. The summed E-state index contributed by atoms with van der Waals surface area (Å²) in [5.41, 5.74) is 0. The molecule has 0 amide bonds. The minimum absolute atomic E-state index is 0.443. The maximum absolute atomic E-state index is 4.37. The molecule has 2 N–H and O–H groups in total. The van der Waals surface area contributed by atoms with Crippen molar-refractivity contribution in [1.82, 2.24) is 29.7 Å². The molecule has 21 heavy (non-hydrogen) atoms. The fourth-order valence-corrected chi connectivity index (χ4v) is 2.39. The fourth-order valence-electron chi connectivity index (χ4n) is 1.70. The Labute approximate surface area is 128 Å². The smallest absolute Gasteiger partial charge is 0.258 e. The maximum atomic E-state index is 4.37. The summed E-state index contributed by atoms with van der Waals surface area (Å²) in [6, 6.07) is 0. The highest BCUT2D eigenvalue weighted by atomic mass is 32.2. The summed E-state index contributed by atoms with van der Waals surface area (Å²) in [5, 5.41) is 10.4. The summed E-state index contributed by atoms with van der Waals surface area (Å²) >= 11 is 1.83. The Morgan fingerprint density at radius 3 is 2.62 bits per heavy atom. The van der Waals surface area contributed by atoms with Crippen LogP contribution in [0.4, 0.5) is 11.9 Å². The molecular weight excluding hydrogens is 288 g/mol. The van der Waals surface area contributed by atoms with Crippen LogP contribution in [0.5, 0.6) is 0 Å². The molecule has 0 spiro atoms. The van der Waals surface area contributed by atoms with E-state index in [2.05, 4.69) is 48.8 Å². The van der Waals surface area contributed by atoms with Crippen LogP contribution in [0.1, 0.15) is 13.8 Å². The highest BCUT2D eigenvalue weighted by Crippen LogP contribution is 2.10. The molecule has 2 heterocycles. The molecule has 1 atom stereocenters. The predicted molar refractivity (Wildman–Crippen MR) is 84.9 cm³/mol. The van der Waals surface area contributed by atoms with Gasteiger partial charge < -0.3 is 10.6 Å². The van der Waals surface area contributed by atoms with Crippen LogP contribution in [-0.4, -0.2) is 54.8 Å². The van der Waals surface area contributed by atoms with Gasteiger partial charge >= 0.3 is 0 Å². The number of nitrogens with one attached hydrogen (secondary N) is 2. The highest BCUT2D eigenvalue weighted by Gasteiger charge is 2.09. The summed E-state index contributed by atoms with van der Waals surface area (Å²) < 4.78 is 1.51. The van der Waals surface area contributed by atoms with E-state index < -0.39 is 0 Å². The molecule has 1 unspecified atom stereocenters. The van der Waals surface area contributed by atoms with Crippen molar-refractivity contribution in [3.05, 3.63) is 12.7 Å². The monoisotopic (exact) mass is 308 g/mol. The van der Waals surface area contributed by atoms with Gasteiger partial charge in [-0.05, 0) is 24.9 Å². The number of hydrogen-bond acceptors (Lipinski definition) is 8. The zero-order valence-corrected chi connectivity index (χ0v) is 13.3. The third-order valence-corrected chi connectivity index (χ3v) is 3.54. The van der Waals surface area contributed by atoms with Gasteiger partial charge in [0.05, 0.1) is 0 Å². The number of hydrogen-bond donors (Lipinski definition) is 2. The fraction of sp³-hybridized carbons (Fsp3) is 0.583. The van der Waals surface area contributed by atoms with Crippen molar-refractivity contribution in [2.24, 2.45) is 5.92 Å². The molecule has 0 saturated heterocycles. The topological polar surface area (TPSA) is 93.4 Å². The Bertz CT molecular complexity index is 544. The molecule has 114 valence electrons. The number of nitrogens with zero attached hydrogens (tertiary/aromatic N) is 6. The van der Waals surface area contributed by atoms with Gasteiger partial charge in [0, 0.05) is 13.1 Å². The lowest BCUT2D eigenvalue weighted by Crippen LogP contribution is -2.17. The van der Waals surface area contributed by atoms with E-state index in [9.17, 15) is 0 Å². The second kappa shape index (κ2) is 7.77. The molecule has 0 aromatic carbocycles. The maximum Gasteiger partial charge on any atom is 0.258 e. The molecule has 8 nitrogen and oxygen atoms in total. The number of aromatic nitrogens is 6. The first kappa shape index (κ1) is 15.5. The van der Waals surface area contributed by atoms with Crippen molar-refractivity contribution in [1.29, 1.82) is 0 Å². The Morgan fingerprint density at radius 1 is 1.24 bits per heavy atom. The standard InChI is InChI=1S/C12H20N8S/c1-4-14-10-17-11(15-5-9(2)6-21-3)19-12(18-10)20-8-13-7-16-20/h7-9H,4-6H2,1-3H3,(H2,14,15,17,18,19). The molecule has 0 radical (unpaired) electrons. The molecule has 0 aliphatic carbocycles. The summed E-state index contributed by atoms with van der Waals surface area (Å²) in [4.78, 5) is 16.9. The summed E-state index contributed by atoms with van der Waals surface area (Å²) in [7, 11) is 0. The highest BCUT2D eigenvalue weighted by molar-refractivity contribution is 7.98. The van der Waals surface area contributed by atoms with Crippen molar-refractivity contribution in [3.63, 3.8) is 0 Å². The lowest BCUT2D eigenvalue weighted by molar-refractivity contribution is 0.694. The minimum atomic E-state index is 0.443. The first-order chi connectivity index (χ1) is 10.2. The van der Waals surface area contributed by atoms with Crippen LogP contribution in [0.2, 0.25) is 0 Å². The van der Waals surface area contributed by atoms with E-state index >= 15 is 0 Å². The van der Waals surface area contributed by atoms with Crippen molar-refractivity contribution in [3.8, 4) is 5.95 Å². The van der Waals surface area contributed by atoms with E-state index in [1.165, 1.54) is 11.0 Å². The second-order valence-corrected chi connectivity index (χ2v) is 5.51. The Balaban J connectivity index is 2.16. The summed E-state index contributed by atoms with van der Waals surface area (Å²) in [6.07, 6.45) is 5.11. The average Bonchev–Trinajstić information content (AvgIpc) is 3.00. The minimum Gasteiger partial charge on any atom is -0.354 e. The third kappa shape index (κ3) is 4.55. The van der Waals surface area contributed by atoms with Gasteiger partial charge in [-0.25, -0.2) is 4.98 Å². The first-order valence-electron chi connectivity index (χ1n) is 6.80. The van der Waals surface area contributed by atoms with Gasteiger partial charge in [0.15, 0.2) is 0 Å². The Kier molecular flexibility index (Phi) is 5.73.